The number of hydrogen-bond donors (Lipinski definition) is 7. The largest absolute Gasteiger partial charge is 0.396 e. The molecule has 2 heterocycles. The van der Waals surface area contributed by atoms with Crippen LogP contribution in [-0.4, -0.2) is 79.8 Å². The van der Waals surface area contributed by atoms with Crippen molar-refractivity contribution in [3.8, 4) is 0 Å². The summed E-state index contributed by atoms with van der Waals surface area (Å²) in [7, 11) is 0. The molecule has 11 nitrogen and oxygen atoms in total. The fourth-order valence-corrected chi connectivity index (χ4v) is 4.79. The topological polar surface area (TPSA) is 180 Å². The highest BCUT2D eigenvalue weighted by Gasteiger charge is 2.52. The lowest BCUT2D eigenvalue weighted by Gasteiger charge is -2.37. The number of aliphatic hydroxyl groups is 6. The van der Waals surface area contributed by atoms with Crippen molar-refractivity contribution in [2.45, 2.75) is 56.2 Å². The fourth-order valence-electron chi connectivity index (χ4n) is 4.79. The zero-order valence-corrected chi connectivity index (χ0v) is 20.7. The number of rotatable bonds is 8. The summed E-state index contributed by atoms with van der Waals surface area (Å²) in [5.41, 5.74) is 0.151. The normalized spacial score (nSPS) is 29.9. The molecule has 11 heteroatoms. The molecule has 0 aromatic heterocycles. The van der Waals surface area contributed by atoms with Crippen molar-refractivity contribution in [2.24, 2.45) is 5.92 Å². The number of nitrogens with zero attached hydrogens (tertiary/aromatic N) is 1. The van der Waals surface area contributed by atoms with Crippen LogP contribution in [0.4, 0.5) is 11.4 Å². The number of anilines is 2. The van der Waals surface area contributed by atoms with E-state index in [0.29, 0.717) is 28.9 Å². The molecule has 204 valence electrons. The first-order valence-corrected chi connectivity index (χ1v) is 12.3. The van der Waals surface area contributed by atoms with E-state index in [4.69, 9.17) is 9.84 Å². The molecule has 1 saturated heterocycles. The second-order valence-electron chi connectivity index (χ2n) is 9.51. The molecule has 38 heavy (non-hydrogen) atoms. The van der Waals surface area contributed by atoms with Gasteiger partial charge in [0.1, 0.15) is 18.3 Å². The number of carbonyl (C=O) groups excluding carboxylic acids is 2. The molecule has 7 N–H and O–H groups in total. The standard InChI is InChI=1S/C27H32N2O9/c1-15(7-4-5-12-30)27(37)18-10-2-3-11-19(18)29(26(27)36)14-16-8-6-9-17(13-16)28-24(34)23-21(32)20(31)22(33)25(35)38-23/h2-4,6-11,13,15,20-23,25,30-33,35,37H,5,12,14H2,1H3,(H,28,34)/b7-4+/t15-,20-,21-,22+,23-,25+,27+/m0/s1. The van der Waals surface area contributed by atoms with Crippen LogP contribution in [0, 0.1) is 5.92 Å². The molecule has 4 rings (SSSR count). The van der Waals surface area contributed by atoms with Gasteiger partial charge in [-0.2, -0.15) is 0 Å². The van der Waals surface area contributed by atoms with Gasteiger partial charge in [-0.1, -0.05) is 49.4 Å². The lowest BCUT2D eigenvalue weighted by molar-refractivity contribution is -0.274. The number of benzene rings is 2. The Morgan fingerprint density at radius 1 is 1.11 bits per heavy atom. The fraction of sp³-hybridized carbons (Fsp3) is 0.407. The predicted octanol–water partition coefficient (Wildman–Crippen LogP) is -0.266. The van der Waals surface area contributed by atoms with Crippen LogP contribution in [0.5, 0.6) is 0 Å². The van der Waals surface area contributed by atoms with Crippen molar-refractivity contribution >= 4 is 23.2 Å². The summed E-state index contributed by atoms with van der Waals surface area (Å²) in [4.78, 5) is 27.7. The highest BCUT2D eigenvalue weighted by molar-refractivity contribution is 6.07. The summed E-state index contributed by atoms with van der Waals surface area (Å²) in [5.74, 6) is -1.92. The van der Waals surface area contributed by atoms with Crippen LogP contribution in [0.2, 0.25) is 0 Å². The molecule has 7 atom stereocenters. The summed E-state index contributed by atoms with van der Waals surface area (Å²) in [5, 5.41) is 62.5. The van der Waals surface area contributed by atoms with Crippen LogP contribution < -0.4 is 10.2 Å². The Morgan fingerprint density at radius 2 is 1.84 bits per heavy atom. The number of fused-ring (bicyclic) bond motifs is 1. The molecule has 2 aromatic carbocycles. The molecule has 0 saturated carbocycles. The van der Waals surface area contributed by atoms with Gasteiger partial charge in [0, 0.05) is 23.8 Å². The molecule has 0 unspecified atom stereocenters. The Kier molecular flexibility index (Phi) is 8.28. The minimum absolute atomic E-state index is 0.0415. The van der Waals surface area contributed by atoms with Crippen molar-refractivity contribution in [3.63, 3.8) is 0 Å². The van der Waals surface area contributed by atoms with Gasteiger partial charge in [-0.15, -0.1) is 0 Å². The van der Waals surface area contributed by atoms with E-state index >= 15 is 0 Å². The van der Waals surface area contributed by atoms with E-state index in [1.54, 1.807) is 67.6 Å². The Morgan fingerprint density at radius 3 is 2.58 bits per heavy atom. The van der Waals surface area contributed by atoms with E-state index in [-0.39, 0.29) is 13.2 Å². The van der Waals surface area contributed by atoms with Gasteiger partial charge in [0.15, 0.2) is 18.0 Å². The second kappa shape index (κ2) is 11.3. The molecular weight excluding hydrogens is 496 g/mol. The quantitative estimate of drug-likeness (QED) is 0.227. The lowest BCUT2D eigenvalue weighted by atomic mass is 9.83. The van der Waals surface area contributed by atoms with Crippen LogP contribution in [-0.2, 0) is 26.5 Å². The second-order valence-corrected chi connectivity index (χ2v) is 9.51. The molecular formula is C27H32N2O9. The zero-order valence-electron chi connectivity index (χ0n) is 20.7. The highest BCUT2D eigenvalue weighted by atomic mass is 16.6. The molecule has 2 aliphatic heterocycles. The monoisotopic (exact) mass is 528 g/mol. The molecule has 1 fully saturated rings. The van der Waals surface area contributed by atoms with E-state index in [1.807, 2.05) is 0 Å². The molecule has 0 bridgehead atoms. The van der Waals surface area contributed by atoms with Crippen molar-refractivity contribution < 1.29 is 45.0 Å². The molecule has 0 aliphatic carbocycles. The van der Waals surface area contributed by atoms with Crippen LogP contribution >= 0.6 is 0 Å². The summed E-state index contributed by atoms with van der Waals surface area (Å²) in [6, 6.07) is 13.5. The lowest BCUT2D eigenvalue weighted by Crippen LogP contribution is -2.60. The van der Waals surface area contributed by atoms with Gasteiger partial charge in [0.25, 0.3) is 11.8 Å². The maximum absolute atomic E-state index is 13.6. The third kappa shape index (κ3) is 5.09. The van der Waals surface area contributed by atoms with Crippen LogP contribution in [0.25, 0.3) is 0 Å². The number of aliphatic hydroxyl groups excluding tert-OH is 5. The Bertz CT molecular complexity index is 1200. The minimum Gasteiger partial charge on any atom is -0.396 e. The first-order chi connectivity index (χ1) is 18.1. The van der Waals surface area contributed by atoms with Gasteiger partial charge < -0.3 is 45.6 Å². The summed E-state index contributed by atoms with van der Waals surface area (Å²) < 4.78 is 4.97. The third-order valence-corrected chi connectivity index (χ3v) is 6.94. The maximum Gasteiger partial charge on any atom is 0.264 e. The van der Waals surface area contributed by atoms with Crippen molar-refractivity contribution in [3.05, 3.63) is 71.8 Å². The van der Waals surface area contributed by atoms with Crippen LogP contribution in [0.3, 0.4) is 0 Å². The molecule has 0 spiro atoms. The van der Waals surface area contributed by atoms with E-state index in [9.17, 15) is 35.1 Å². The summed E-state index contributed by atoms with van der Waals surface area (Å²) >= 11 is 0. The van der Waals surface area contributed by atoms with Crippen molar-refractivity contribution in [1.29, 1.82) is 0 Å². The van der Waals surface area contributed by atoms with E-state index in [0.717, 1.165) is 0 Å². The van der Waals surface area contributed by atoms with E-state index in [1.165, 1.54) is 4.90 Å². The summed E-state index contributed by atoms with van der Waals surface area (Å²) in [6.45, 7) is 1.78. The van der Waals surface area contributed by atoms with Gasteiger partial charge in [0.2, 0.25) is 0 Å². The first kappa shape index (κ1) is 27.9. The number of ether oxygens (including phenoxy) is 1. The molecule has 2 amide bonds. The average Bonchev–Trinajstić information content (AvgIpc) is 3.12. The highest BCUT2D eigenvalue weighted by Crippen LogP contribution is 2.45. The van der Waals surface area contributed by atoms with E-state index < -0.39 is 54.0 Å². The third-order valence-electron chi connectivity index (χ3n) is 6.94. The van der Waals surface area contributed by atoms with Gasteiger partial charge in [-0.25, -0.2) is 0 Å². The average molecular weight is 529 g/mol. The van der Waals surface area contributed by atoms with Crippen LogP contribution in [0.1, 0.15) is 24.5 Å². The van der Waals surface area contributed by atoms with Crippen LogP contribution in [0.15, 0.2) is 60.7 Å². The Balaban J connectivity index is 1.53. The Labute approximate surface area is 219 Å². The first-order valence-electron chi connectivity index (χ1n) is 12.3. The summed E-state index contributed by atoms with van der Waals surface area (Å²) in [6.07, 6.45) is -4.95. The molecule has 0 radical (unpaired) electrons. The van der Waals surface area contributed by atoms with Gasteiger partial charge in [0.05, 0.1) is 12.2 Å². The van der Waals surface area contributed by atoms with E-state index in [2.05, 4.69) is 5.32 Å². The van der Waals surface area contributed by atoms with Gasteiger partial charge in [-0.05, 0) is 30.2 Å². The Hall–Kier alpha value is -3.16. The molecule has 2 aromatic rings. The zero-order chi connectivity index (χ0) is 27.6. The smallest absolute Gasteiger partial charge is 0.264 e. The van der Waals surface area contributed by atoms with Gasteiger partial charge in [-0.3, -0.25) is 9.59 Å². The predicted molar refractivity (Wildman–Crippen MR) is 136 cm³/mol. The SMILES string of the molecule is C[C@@H](/C=C/CCO)[C@]1(O)C(=O)N(Cc2cccc(NC(=O)[C@H]3O[C@@H](O)[C@H](O)[C@@H](O)[C@@H]3O)c2)c2ccccc21. The number of amides is 2. The minimum atomic E-state index is -1.85. The van der Waals surface area contributed by atoms with Crippen molar-refractivity contribution in [1.82, 2.24) is 0 Å². The van der Waals surface area contributed by atoms with Crippen molar-refractivity contribution in [2.75, 3.05) is 16.8 Å². The number of hydrogen-bond acceptors (Lipinski definition) is 9. The number of carbonyl (C=O) groups is 2. The molecule has 2 aliphatic rings. The maximum atomic E-state index is 13.6. The van der Waals surface area contributed by atoms with Gasteiger partial charge >= 0.3 is 0 Å². The number of nitrogens with one attached hydrogen (secondary N) is 1. The number of para-hydroxylation sites is 1.